The minimum absolute atomic E-state index is 0. The Hall–Kier alpha value is -5.41. The molecule has 0 bridgehead atoms. The summed E-state index contributed by atoms with van der Waals surface area (Å²) in [4.78, 5) is 104. The topological polar surface area (TPSA) is 291 Å². The molecule has 2 rings (SSSR count). The minimum Gasteiger partial charge on any atom is -0.508 e. The Morgan fingerprint density at radius 3 is 1.71 bits per heavy atom. The van der Waals surface area contributed by atoms with Gasteiger partial charge >= 0.3 is 6.17 Å². The predicted molar refractivity (Wildman–Crippen MR) is 262 cm³/mol. The molecule has 1 aliphatic heterocycles. The molecule has 1 fully saturated rings. The fourth-order valence-corrected chi connectivity index (χ4v) is 8.14. The van der Waals surface area contributed by atoms with E-state index in [1.165, 1.54) is 24.0 Å². The van der Waals surface area contributed by atoms with Crippen LogP contribution in [0, 0.1) is 12.5 Å². The van der Waals surface area contributed by atoms with Crippen LogP contribution in [0.2, 0.25) is 0 Å². The number of rotatable bonds is 38. The second-order valence-corrected chi connectivity index (χ2v) is 18.2. The number of nitrogens with zero attached hydrogens (tertiary/aromatic N) is 2. The zero-order valence-corrected chi connectivity index (χ0v) is 40.5. The molecule has 11 N–H and O–H groups in total. The zero-order chi connectivity index (χ0) is 50.1. The van der Waals surface area contributed by atoms with Crippen molar-refractivity contribution in [2.45, 2.75) is 192 Å². The Bertz CT molecular complexity index is 1780. The van der Waals surface area contributed by atoms with Gasteiger partial charge in [-0.25, -0.2) is 6.57 Å². The van der Waals surface area contributed by atoms with E-state index in [1.807, 2.05) is 0 Å². The number of carbonyl (C=O) groups is 8. The van der Waals surface area contributed by atoms with Crippen LogP contribution in [-0.4, -0.2) is 107 Å². The maximum absolute atomic E-state index is 12.9. The summed E-state index contributed by atoms with van der Waals surface area (Å²) in [6, 6.07) is 3.62. The van der Waals surface area contributed by atoms with E-state index < -0.39 is 53.6 Å². The number of Topliss-reactive ketones (excluding diaryl/α,β-unsaturated/α-hetero) is 2. The Kier molecular flexibility index (Phi) is 30.1. The van der Waals surface area contributed by atoms with E-state index in [0.29, 0.717) is 58.3 Å². The summed E-state index contributed by atoms with van der Waals surface area (Å²) in [5, 5.41) is 20.8. The number of primary amides is 1. The van der Waals surface area contributed by atoms with Gasteiger partial charge in [-0.3, -0.25) is 48.1 Å². The summed E-state index contributed by atoms with van der Waals surface area (Å²) in [6.45, 7) is 10.9. The molecular weight excluding hydrogens is 871 g/mol. The van der Waals surface area contributed by atoms with Crippen molar-refractivity contribution in [1.29, 1.82) is 0 Å². The monoisotopic (exact) mass is 954 g/mol. The van der Waals surface area contributed by atoms with Crippen molar-refractivity contribution in [3.63, 3.8) is 0 Å². The van der Waals surface area contributed by atoms with Gasteiger partial charge in [0.25, 0.3) is 5.91 Å². The number of amides is 6. The first-order chi connectivity index (χ1) is 32.6. The highest BCUT2D eigenvalue weighted by atomic mass is 16.3. The van der Waals surface area contributed by atoms with Gasteiger partial charge in [0.05, 0.1) is 18.1 Å². The molecule has 1 aromatic rings. The number of phenolic OH excluding ortho intramolecular Hbond substituents is 1. The van der Waals surface area contributed by atoms with E-state index in [9.17, 15) is 43.5 Å². The van der Waals surface area contributed by atoms with Crippen molar-refractivity contribution < 1.29 is 44.9 Å². The summed E-state index contributed by atoms with van der Waals surface area (Å²) in [5.41, 5.74) is 18.0. The molecule has 382 valence electrons. The predicted octanol–water partition coefficient (Wildman–Crippen LogP) is 4.38. The summed E-state index contributed by atoms with van der Waals surface area (Å²) >= 11 is 0. The highest BCUT2D eigenvalue weighted by molar-refractivity contribution is 6.36. The number of ketones is 2. The number of unbranched alkanes of at least 4 members (excludes halogenated alkanes) is 13. The maximum Gasteiger partial charge on any atom is 0.300 e. The van der Waals surface area contributed by atoms with Gasteiger partial charge in [0.1, 0.15) is 5.75 Å². The molecule has 1 aliphatic rings. The molecule has 1 heterocycles. The lowest BCUT2D eigenvalue weighted by atomic mass is 9.90. The van der Waals surface area contributed by atoms with Crippen LogP contribution in [0.1, 0.15) is 168 Å². The molecule has 0 saturated carbocycles. The number of hydrogen-bond acceptors (Lipinski definition) is 11. The summed E-state index contributed by atoms with van der Waals surface area (Å²) in [7, 11) is 0. The fourth-order valence-electron chi connectivity index (χ4n) is 8.14. The molecule has 0 spiro atoms. The number of phenols is 1. The molecule has 0 radical (unpaired) electrons. The Balaban J connectivity index is 0.0000238. The number of nitrogens with two attached hydrogens (primary N) is 3. The SMILES string of the molecule is [C-]#[N+][C@@H]1CCCN1C(=O)[C@@H](N)CCC(=O)NCCCCCCCCCC(=O)NCCCCCCCCCC(=O)NCCCC[C@H](CC(=O)[C@@H](C)NC(=O)[C@@H](N)Cc1ccc(O)cc1)C(=O)C(N)=O.[HH]. The first-order valence-electron chi connectivity index (χ1n) is 25.1. The number of nitrogens with one attached hydrogen (secondary N) is 4. The number of aromatic hydroxyl groups is 1. The van der Waals surface area contributed by atoms with E-state index in [2.05, 4.69) is 26.1 Å². The van der Waals surface area contributed by atoms with Gasteiger partial charge < -0.3 is 43.6 Å². The highest BCUT2D eigenvalue weighted by Gasteiger charge is 2.35. The van der Waals surface area contributed by atoms with Gasteiger partial charge in [-0.1, -0.05) is 82.8 Å². The standard InChI is InChI=1S/C50H81N9O9.H2/c1-36(58-49(67)41(52)34-37-24-26-39(60)27-25-37)42(61)35-38(47(65)48(53)66)20-15-18-32-56-45(63)23-14-10-5-3-7-11-16-30-55-44(62)22-13-9-6-4-8-12-17-31-57-46(64)29-28-40(51)50(68)59-33-19-21-43(59)54-2;/h24-27,36,38,40-41,43,60H,3-23,28-35,51-52H2,1H3,(H2,53,66)(H,55,62)(H,56,63)(H,57,64)(H,58,67);1H/t36-,38-,40+,41+,43+;/m1./s1. The molecule has 0 aliphatic carbocycles. The van der Waals surface area contributed by atoms with Gasteiger partial charge in [0, 0.05) is 65.6 Å². The fraction of sp³-hybridized carbons (Fsp3) is 0.700. The molecule has 1 saturated heterocycles. The molecule has 6 amide bonds. The molecule has 0 unspecified atom stereocenters. The number of benzene rings is 1. The third-order valence-electron chi connectivity index (χ3n) is 12.4. The van der Waals surface area contributed by atoms with Gasteiger partial charge in [-0.15, -0.1) is 0 Å². The number of hydrogen-bond donors (Lipinski definition) is 8. The second-order valence-electron chi connectivity index (χ2n) is 18.2. The van der Waals surface area contributed by atoms with Gasteiger partial charge in [0.15, 0.2) is 5.78 Å². The van der Waals surface area contributed by atoms with Crippen LogP contribution in [0.15, 0.2) is 24.3 Å². The van der Waals surface area contributed by atoms with E-state index in [-0.39, 0.29) is 62.9 Å². The van der Waals surface area contributed by atoms with Crippen molar-refractivity contribution in [2.75, 3.05) is 26.2 Å². The average Bonchev–Trinajstić information content (AvgIpc) is 3.80. The molecule has 68 heavy (non-hydrogen) atoms. The molecule has 5 atom stereocenters. The van der Waals surface area contributed by atoms with E-state index in [0.717, 1.165) is 102 Å². The normalized spacial score (nSPS) is 15.0. The van der Waals surface area contributed by atoms with E-state index in [1.54, 1.807) is 12.1 Å². The molecule has 18 heteroatoms. The Morgan fingerprint density at radius 1 is 0.706 bits per heavy atom. The van der Waals surface area contributed by atoms with Crippen LogP contribution < -0.4 is 38.5 Å². The second kappa shape index (κ2) is 34.8. The lowest BCUT2D eigenvalue weighted by Gasteiger charge is -2.20. The van der Waals surface area contributed by atoms with Crippen molar-refractivity contribution in [3.05, 3.63) is 41.2 Å². The molecule has 0 aromatic heterocycles. The molecular formula is C50H83N9O9. The zero-order valence-electron chi connectivity index (χ0n) is 40.5. The Labute approximate surface area is 405 Å². The average molecular weight is 954 g/mol. The highest BCUT2D eigenvalue weighted by Crippen LogP contribution is 2.20. The minimum atomic E-state index is -1.13. The van der Waals surface area contributed by atoms with Crippen molar-refractivity contribution in [2.24, 2.45) is 23.1 Å². The van der Waals surface area contributed by atoms with Crippen molar-refractivity contribution in [3.8, 4) is 5.75 Å². The van der Waals surface area contributed by atoms with E-state index >= 15 is 0 Å². The number of likely N-dealkylation sites (tertiary alicyclic amines) is 1. The van der Waals surface area contributed by atoms with Gasteiger partial charge in [-0.05, 0) is 82.4 Å². The molecule has 1 aromatic carbocycles. The van der Waals surface area contributed by atoms with Crippen LogP contribution in [0.5, 0.6) is 5.75 Å². The third kappa shape index (κ3) is 25.6. The number of carbonyl (C=O) groups excluding carboxylic acids is 8. The van der Waals surface area contributed by atoms with Crippen molar-refractivity contribution >= 4 is 47.0 Å². The largest absolute Gasteiger partial charge is 0.508 e. The lowest BCUT2D eigenvalue weighted by molar-refractivity contribution is -0.140. The van der Waals surface area contributed by atoms with Gasteiger partial charge in [0.2, 0.25) is 35.3 Å². The first kappa shape index (κ1) is 58.7. The third-order valence-corrected chi connectivity index (χ3v) is 12.4. The molecule has 18 nitrogen and oxygen atoms in total. The van der Waals surface area contributed by atoms with Crippen LogP contribution in [0.3, 0.4) is 0 Å². The summed E-state index contributed by atoms with van der Waals surface area (Å²) in [5.74, 6) is -4.11. The van der Waals surface area contributed by atoms with Crippen LogP contribution >= 0.6 is 0 Å². The Morgan fingerprint density at radius 2 is 1.19 bits per heavy atom. The lowest BCUT2D eigenvalue weighted by Crippen LogP contribution is -2.48. The van der Waals surface area contributed by atoms with Crippen LogP contribution in [-0.2, 0) is 44.8 Å². The van der Waals surface area contributed by atoms with Crippen molar-refractivity contribution in [1.82, 2.24) is 26.2 Å². The summed E-state index contributed by atoms with van der Waals surface area (Å²) in [6.07, 6.45) is 17.6. The smallest absolute Gasteiger partial charge is 0.300 e. The van der Waals surface area contributed by atoms with E-state index in [4.69, 9.17) is 23.8 Å². The first-order valence-corrected chi connectivity index (χ1v) is 25.1. The van der Waals surface area contributed by atoms with Gasteiger partial charge in [-0.2, -0.15) is 0 Å². The maximum atomic E-state index is 12.9. The quantitative estimate of drug-likeness (QED) is 0.0262. The van der Waals surface area contributed by atoms with Crippen LogP contribution in [0.25, 0.3) is 4.85 Å². The summed E-state index contributed by atoms with van der Waals surface area (Å²) < 4.78 is 0. The van der Waals surface area contributed by atoms with Crippen LogP contribution in [0.4, 0.5) is 0 Å².